The Morgan fingerprint density at radius 3 is 2.58 bits per heavy atom. The fourth-order valence-electron chi connectivity index (χ4n) is 3.65. The van der Waals surface area contributed by atoms with E-state index in [0.717, 1.165) is 12.5 Å². The van der Waals surface area contributed by atoms with Crippen LogP contribution in [0, 0.1) is 0 Å². The molecule has 1 fully saturated rings. The van der Waals surface area contributed by atoms with E-state index in [4.69, 9.17) is 9.26 Å². The number of anilines is 1. The van der Waals surface area contributed by atoms with Gasteiger partial charge in [-0.1, -0.05) is 17.3 Å². The van der Waals surface area contributed by atoms with Crippen molar-refractivity contribution < 1.29 is 27.2 Å². The average Bonchev–Trinajstić information content (AvgIpc) is 3.28. The molecule has 5 rings (SSSR count). The highest BCUT2D eigenvalue weighted by Crippen LogP contribution is 2.34. The molecule has 1 aliphatic heterocycles. The molecule has 1 amide bonds. The van der Waals surface area contributed by atoms with Gasteiger partial charge in [0.2, 0.25) is 5.82 Å². The van der Waals surface area contributed by atoms with Gasteiger partial charge in [-0.25, -0.2) is 4.79 Å². The Balaban J connectivity index is 1.47. The van der Waals surface area contributed by atoms with Crippen LogP contribution in [0.4, 0.5) is 23.7 Å². The van der Waals surface area contributed by atoms with Gasteiger partial charge in [0.1, 0.15) is 5.56 Å². The third-order valence-corrected chi connectivity index (χ3v) is 5.25. The third kappa shape index (κ3) is 3.81. The number of benzene rings is 2. The summed E-state index contributed by atoms with van der Waals surface area (Å²) < 4.78 is 50.0. The topological polar surface area (TPSA) is 101 Å². The highest BCUT2D eigenvalue weighted by molar-refractivity contribution is 5.88. The lowest BCUT2D eigenvalue weighted by Gasteiger charge is -2.26. The van der Waals surface area contributed by atoms with Crippen LogP contribution in [0.15, 0.2) is 57.8 Å². The molecule has 4 aromatic rings. The maximum absolute atomic E-state index is 13.2. The van der Waals surface area contributed by atoms with Crippen LogP contribution in [-0.2, 0) is 10.9 Å². The zero-order valence-corrected chi connectivity index (χ0v) is 16.8. The molecule has 1 saturated heterocycles. The number of H-pyrrole nitrogens is 1. The summed E-state index contributed by atoms with van der Waals surface area (Å²) in [6, 6.07) is 11.7. The summed E-state index contributed by atoms with van der Waals surface area (Å²) in [6.45, 7) is 0.940. The van der Waals surface area contributed by atoms with E-state index < -0.39 is 23.4 Å². The van der Waals surface area contributed by atoms with Crippen molar-refractivity contribution in [3.05, 3.63) is 64.4 Å². The first-order valence-corrected chi connectivity index (χ1v) is 9.93. The lowest BCUT2D eigenvalue weighted by molar-refractivity contribution is -0.136. The molecule has 1 aliphatic rings. The number of amides is 1. The number of aromatic nitrogens is 3. The van der Waals surface area contributed by atoms with E-state index in [9.17, 15) is 22.8 Å². The van der Waals surface area contributed by atoms with Crippen LogP contribution in [0.1, 0.15) is 12.0 Å². The number of hydrogen-bond acceptors (Lipinski definition) is 6. The highest BCUT2D eigenvalue weighted by Gasteiger charge is 2.33. The van der Waals surface area contributed by atoms with Gasteiger partial charge in [0.25, 0.3) is 11.4 Å². The number of nitrogens with zero attached hydrogens (tertiary/aromatic N) is 3. The van der Waals surface area contributed by atoms with Crippen LogP contribution < -0.4 is 10.5 Å². The van der Waals surface area contributed by atoms with Crippen molar-refractivity contribution in [3.63, 3.8) is 0 Å². The van der Waals surface area contributed by atoms with Crippen LogP contribution in [0.5, 0.6) is 0 Å². The molecule has 0 unspecified atom stereocenters. The van der Waals surface area contributed by atoms with E-state index in [1.165, 1.54) is 23.1 Å². The van der Waals surface area contributed by atoms with Crippen molar-refractivity contribution >= 4 is 22.7 Å². The zero-order valence-electron chi connectivity index (χ0n) is 16.8. The van der Waals surface area contributed by atoms with Crippen molar-refractivity contribution in [1.82, 2.24) is 15.1 Å². The number of hydrogen-bond donors (Lipinski definition) is 1. The summed E-state index contributed by atoms with van der Waals surface area (Å²) in [6.07, 6.45) is -4.30. The summed E-state index contributed by atoms with van der Waals surface area (Å²) in [5.74, 6) is 0.0514. The molecule has 11 heteroatoms. The Kier molecular flexibility index (Phi) is 4.88. The summed E-state index contributed by atoms with van der Waals surface area (Å²) in [5.41, 5.74) is -0.867. The van der Waals surface area contributed by atoms with E-state index in [0.29, 0.717) is 24.4 Å². The summed E-state index contributed by atoms with van der Waals surface area (Å²) in [5, 5.41) is 4.05. The number of alkyl halides is 3. The van der Waals surface area contributed by atoms with Gasteiger partial charge in [-0.05, 0) is 48.2 Å². The molecule has 0 saturated carbocycles. The quantitative estimate of drug-likeness (QED) is 0.483. The largest absolute Gasteiger partial charge is 0.449 e. The highest BCUT2D eigenvalue weighted by atomic mass is 19.4. The molecular weight excluding hydrogens is 441 g/mol. The number of rotatable bonds is 3. The van der Waals surface area contributed by atoms with E-state index in [1.54, 1.807) is 24.3 Å². The molecule has 8 nitrogen and oxygen atoms in total. The lowest BCUT2D eigenvalue weighted by atomic mass is 10.1. The van der Waals surface area contributed by atoms with Crippen LogP contribution in [0.25, 0.3) is 33.7 Å². The minimum atomic E-state index is -4.61. The number of carbonyl (C=O) groups excluding carboxylic acids is 1. The average molecular weight is 456 g/mol. The fourth-order valence-corrected chi connectivity index (χ4v) is 3.65. The minimum Gasteiger partial charge on any atom is -0.449 e. The molecule has 33 heavy (non-hydrogen) atoms. The van der Waals surface area contributed by atoms with Gasteiger partial charge in [0.05, 0.1) is 17.7 Å². The van der Waals surface area contributed by atoms with Crippen LogP contribution in [0.2, 0.25) is 0 Å². The summed E-state index contributed by atoms with van der Waals surface area (Å²) >= 11 is 0. The number of nitrogens with one attached hydrogen (secondary N) is 1. The van der Waals surface area contributed by atoms with Crippen molar-refractivity contribution in [2.24, 2.45) is 0 Å². The monoisotopic (exact) mass is 456 g/mol. The van der Waals surface area contributed by atoms with Crippen molar-refractivity contribution in [1.29, 1.82) is 0 Å². The Morgan fingerprint density at radius 1 is 1.06 bits per heavy atom. The maximum Gasteiger partial charge on any atom is 0.418 e. The Bertz CT molecular complexity index is 1410. The lowest BCUT2D eigenvalue weighted by Crippen LogP contribution is -2.37. The Labute approximate surface area is 183 Å². The molecular formula is C22H15F3N4O4. The van der Waals surface area contributed by atoms with Crippen molar-refractivity contribution in [3.8, 4) is 22.8 Å². The normalized spacial score (nSPS) is 14.5. The van der Waals surface area contributed by atoms with Crippen molar-refractivity contribution in [2.45, 2.75) is 12.6 Å². The molecule has 168 valence electrons. The second-order valence-corrected chi connectivity index (χ2v) is 7.37. The third-order valence-electron chi connectivity index (χ3n) is 5.25. The first-order valence-electron chi connectivity index (χ1n) is 9.93. The molecule has 0 aliphatic carbocycles. The molecule has 2 aromatic carbocycles. The number of halogens is 3. The number of carbonyl (C=O) groups is 1. The number of fused-ring (bicyclic) bond motifs is 1. The van der Waals surface area contributed by atoms with Gasteiger partial charge >= 0.3 is 12.3 Å². The van der Waals surface area contributed by atoms with Gasteiger partial charge in [0.15, 0.2) is 0 Å². The number of ether oxygens (including phenoxy) is 1. The standard InChI is InChI=1S/C22H15F3N4O4/c23-22(24,25)16-4-1-3-13-11-15(19(30)26-17(13)16)20-27-18(28-33-20)12-5-7-14(8-6-12)29-9-2-10-32-21(29)31/h1,3-8,11H,2,9-10H2,(H,26,30). The number of pyridine rings is 1. The zero-order chi connectivity index (χ0) is 23.2. The van der Waals surface area contributed by atoms with Gasteiger partial charge < -0.3 is 14.2 Å². The van der Waals surface area contributed by atoms with E-state index in [1.807, 2.05) is 0 Å². The van der Waals surface area contributed by atoms with E-state index in [-0.39, 0.29) is 28.2 Å². The molecule has 0 radical (unpaired) electrons. The number of para-hydroxylation sites is 1. The van der Waals surface area contributed by atoms with E-state index >= 15 is 0 Å². The Morgan fingerprint density at radius 2 is 1.85 bits per heavy atom. The molecule has 2 aromatic heterocycles. The number of aromatic amines is 1. The van der Waals surface area contributed by atoms with Crippen LogP contribution in [-0.4, -0.2) is 34.4 Å². The first-order chi connectivity index (χ1) is 15.8. The van der Waals surface area contributed by atoms with E-state index in [2.05, 4.69) is 15.1 Å². The molecule has 0 spiro atoms. The van der Waals surface area contributed by atoms with Gasteiger partial charge in [-0.15, -0.1) is 0 Å². The van der Waals surface area contributed by atoms with Gasteiger partial charge in [-0.3, -0.25) is 9.69 Å². The van der Waals surface area contributed by atoms with Gasteiger partial charge in [-0.2, -0.15) is 18.2 Å². The Hall–Kier alpha value is -4.15. The second kappa shape index (κ2) is 7.76. The maximum atomic E-state index is 13.2. The first kappa shape index (κ1) is 20.7. The fraction of sp³-hybridized carbons (Fsp3) is 0.182. The predicted octanol–water partition coefficient (Wildman–Crippen LogP) is 4.61. The predicted molar refractivity (Wildman–Crippen MR) is 112 cm³/mol. The summed E-state index contributed by atoms with van der Waals surface area (Å²) in [7, 11) is 0. The van der Waals surface area contributed by atoms with Crippen LogP contribution in [0.3, 0.4) is 0 Å². The summed E-state index contributed by atoms with van der Waals surface area (Å²) in [4.78, 5) is 32.4. The second-order valence-electron chi connectivity index (χ2n) is 7.37. The number of cyclic esters (lactones) is 1. The molecule has 1 N–H and O–H groups in total. The minimum absolute atomic E-state index is 0.0479. The van der Waals surface area contributed by atoms with Crippen LogP contribution >= 0.6 is 0 Å². The smallest absolute Gasteiger partial charge is 0.418 e. The molecule has 0 atom stereocenters. The SMILES string of the molecule is O=C1OCCCN1c1ccc(-c2noc(-c3cc4cccc(C(F)(F)F)c4[nH]c3=O)n2)cc1. The van der Waals surface area contributed by atoms with Crippen molar-refractivity contribution in [2.75, 3.05) is 18.1 Å². The molecule has 3 heterocycles. The van der Waals surface area contributed by atoms with Gasteiger partial charge in [0, 0.05) is 17.8 Å². The molecule has 0 bridgehead atoms.